The minimum atomic E-state index is -0.227. The van der Waals surface area contributed by atoms with Gasteiger partial charge in [-0.1, -0.05) is 31.0 Å². The van der Waals surface area contributed by atoms with Gasteiger partial charge in [0.25, 0.3) is 5.91 Å². The Morgan fingerprint density at radius 1 is 1.17 bits per heavy atom. The maximum Gasteiger partial charge on any atom is 0.281 e. The van der Waals surface area contributed by atoms with Crippen molar-refractivity contribution in [2.45, 2.75) is 45.2 Å². The molecule has 2 aliphatic rings. The number of anilines is 1. The normalized spacial score (nSPS) is 17.4. The molecule has 2 aromatic carbocycles. The number of thiocarbonyl (C=S) groups is 1. The molecule has 0 radical (unpaired) electrons. The van der Waals surface area contributed by atoms with Crippen LogP contribution >= 0.6 is 12.2 Å². The number of amides is 2. The molecule has 180 valence electrons. The number of ether oxygens (including phenoxy) is 1. The molecule has 2 heterocycles. The van der Waals surface area contributed by atoms with Crippen molar-refractivity contribution in [3.8, 4) is 5.75 Å². The number of para-hydroxylation sites is 1. The summed E-state index contributed by atoms with van der Waals surface area (Å²) < 4.78 is 7.43. The molecule has 1 saturated carbocycles. The molecule has 2 amide bonds. The zero-order chi connectivity index (χ0) is 24.4. The Morgan fingerprint density at radius 2 is 1.91 bits per heavy atom. The molecule has 8 heteroatoms. The van der Waals surface area contributed by atoms with Crippen molar-refractivity contribution in [3.05, 3.63) is 66.0 Å². The van der Waals surface area contributed by atoms with Crippen LogP contribution in [0.4, 0.5) is 5.69 Å². The smallest absolute Gasteiger partial charge is 0.281 e. The number of nitrogens with zero attached hydrogens (tertiary/aromatic N) is 2. The second-order valence-corrected chi connectivity index (χ2v) is 9.22. The lowest BCUT2D eigenvalue weighted by Gasteiger charge is -2.14. The lowest BCUT2D eigenvalue weighted by molar-refractivity contribution is -0.122. The van der Waals surface area contributed by atoms with E-state index >= 15 is 0 Å². The summed E-state index contributed by atoms with van der Waals surface area (Å²) in [5.74, 6) is 0.520. The quantitative estimate of drug-likeness (QED) is 0.382. The minimum Gasteiger partial charge on any atom is -0.494 e. The first-order valence-electron chi connectivity index (χ1n) is 12.0. The molecular formula is C27H28N4O3S. The van der Waals surface area contributed by atoms with Gasteiger partial charge in [-0.25, -0.2) is 0 Å². The number of aromatic nitrogens is 1. The van der Waals surface area contributed by atoms with E-state index in [2.05, 4.69) is 10.6 Å². The Kier molecular flexibility index (Phi) is 6.55. The fourth-order valence-electron chi connectivity index (χ4n) is 4.80. The van der Waals surface area contributed by atoms with Gasteiger partial charge in [0.2, 0.25) is 5.91 Å². The highest BCUT2D eigenvalue weighted by molar-refractivity contribution is 7.80. The minimum absolute atomic E-state index is 0.00905. The predicted molar refractivity (Wildman–Crippen MR) is 141 cm³/mol. The summed E-state index contributed by atoms with van der Waals surface area (Å²) in [7, 11) is 0. The summed E-state index contributed by atoms with van der Waals surface area (Å²) in [6, 6.07) is 15.4. The summed E-state index contributed by atoms with van der Waals surface area (Å²) >= 11 is 5.47. The van der Waals surface area contributed by atoms with E-state index in [1.807, 2.05) is 66.2 Å². The number of fused-ring (bicyclic) bond motifs is 1. The van der Waals surface area contributed by atoms with E-state index in [1.165, 1.54) is 17.7 Å². The van der Waals surface area contributed by atoms with Crippen LogP contribution in [0.1, 0.15) is 38.2 Å². The highest BCUT2D eigenvalue weighted by Crippen LogP contribution is 2.28. The van der Waals surface area contributed by atoms with E-state index in [0.29, 0.717) is 23.1 Å². The van der Waals surface area contributed by atoms with Crippen molar-refractivity contribution in [1.82, 2.24) is 15.2 Å². The van der Waals surface area contributed by atoms with E-state index in [0.717, 1.165) is 35.1 Å². The van der Waals surface area contributed by atoms with Crippen LogP contribution in [0.3, 0.4) is 0 Å². The fourth-order valence-corrected chi connectivity index (χ4v) is 5.10. The summed E-state index contributed by atoms with van der Waals surface area (Å²) in [5, 5.41) is 7.49. The van der Waals surface area contributed by atoms with E-state index in [9.17, 15) is 9.59 Å². The van der Waals surface area contributed by atoms with Crippen LogP contribution in [-0.2, 0) is 16.1 Å². The number of rotatable bonds is 7. The van der Waals surface area contributed by atoms with Crippen LogP contribution in [0.2, 0.25) is 0 Å². The standard InChI is InChI=1S/C27H28N4O3S/c1-2-34-21-13-11-20(12-14-21)31-26(33)23(29-27(31)35)15-18-16-30(24-10-6-5-9-22(18)24)17-25(32)28-19-7-3-4-8-19/h5-6,9-16,19H,2-4,7-8,17H2,1H3,(H,28,32)(H,29,35)/b23-15-. The Bertz CT molecular complexity index is 1310. The molecule has 35 heavy (non-hydrogen) atoms. The summed E-state index contributed by atoms with van der Waals surface area (Å²) in [6.45, 7) is 2.73. The first kappa shape index (κ1) is 23.1. The van der Waals surface area contributed by atoms with Gasteiger partial charge in [0.05, 0.1) is 12.3 Å². The molecule has 1 saturated heterocycles. The first-order valence-corrected chi connectivity index (χ1v) is 12.4. The zero-order valence-corrected chi connectivity index (χ0v) is 20.4. The molecule has 7 nitrogen and oxygen atoms in total. The molecule has 2 fully saturated rings. The third-order valence-electron chi connectivity index (χ3n) is 6.44. The van der Waals surface area contributed by atoms with E-state index < -0.39 is 0 Å². The Morgan fingerprint density at radius 3 is 2.66 bits per heavy atom. The van der Waals surface area contributed by atoms with Gasteiger partial charge >= 0.3 is 0 Å². The van der Waals surface area contributed by atoms with Crippen LogP contribution in [0.25, 0.3) is 17.0 Å². The van der Waals surface area contributed by atoms with Crippen LogP contribution in [0, 0.1) is 0 Å². The molecule has 0 unspecified atom stereocenters. The van der Waals surface area contributed by atoms with Gasteiger partial charge in [-0.15, -0.1) is 0 Å². The largest absolute Gasteiger partial charge is 0.494 e. The molecule has 0 atom stereocenters. The van der Waals surface area contributed by atoms with Gasteiger partial charge in [0.1, 0.15) is 18.0 Å². The molecule has 5 rings (SSSR count). The number of hydrogen-bond donors (Lipinski definition) is 2. The first-order chi connectivity index (χ1) is 17.0. The lowest BCUT2D eigenvalue weighted by atomic mass is 10.1. The number of nitrogens with one attached hydrogen (secondary N) is 2. The summed E-state index contributed by atoms with van der Waals surface area (Å²) in [5.41, 5.74) is 2.85. The summed E-state index contributed by atoms with van der Waals surface area (Å²) in [4.78, 5) is 27.4. The van der Waals surface area contributed by atoms with Gasteiger partial charge in [0, 0.05) is 28.7 Å². The summed E-state index contributed by atoms with van der Waals surface area (Å²) in [6.07, 6.45) is 8.17. The molecule has 1 aliphatic carbocycles. The fraction of sp³-hybridized carbons (Fsp3) is 0.296. The van der Waals surface area contributed by atoms with Gasteiger partial charge in [-0.3, -0.25) is 14.5 Å². The maximum atomic E-state index is 13.3. The monoisotopic (exact) mass is 488 g/mol. The second-order valence-electron chi connectivity index (χ2n) is 8.83. The maximum absolute atomic E-state index is 13.3. The molecule has 1 aromatic heterocycles. The van der Waals surface area contributed by atoms with Crippen molar-refractivity contribution in [1.29, 1.82) is 0 Å². The average molecular weight is 489 g/mol. The number of carbonyl (C=O) groups excluding carboxylic acids is 2. The van der Waals surface area contributed by atoms with Crippen molar-refractivity contribution in [3.63, 3.8) is 0 Å². The number of carbonyl (C=O) groups is 2. The van der Waals surface area contributed by atoms with E-state index in [-0.39, 0.29) is 24.4 Å². The molecule has 0 spiro atoms. The molecule has 1 aliphatic heterocycles. The van der Waals surface area contributed by atoms with E-state index in [1.54, 1.807) is 6.08 Å². The van der Waals surface area contributed by atoms with Gasteiger partial charge in [0.15, 0.2) is 5.11 Å². The number of benzene rings is 2. The van der Waals surface area contributed by atoms with Crippen LogP contribution in [0.5, 0.6) is 5.75 Å². The van der Waals surface area contributed by atoms with Crippen molar-refractivity contribution in [2.24, 2.45) is 0 Å². The highest BCUT2D eigenvalue weighted by atomic mass is 32.1. The third kappa shape index (κ3) is 4.79. The van der Waals surface area contributed by atoms with Crippen molar-refractivity contribution in [2.75, 3.05) is 11.5 Å². The molecule has 2 N–H and O–H groups in total. The topological polar surface area (TPSA) is 75.6 Å². The molecule has 3 aromatic rings. The molecular weight excluding hydrogens is 460 g/mol. The highest BCUT2D eigenvalue weighted by Gasteiger charge is 2.32. The van der Waals surface area contributed by atoms with Crippen molar-refractivity contribution < 1.29 is 14.3 Å². The SMILES string of the molecule is CCOc1ccc(N2C(=O)/C(=C/c3cn(CC(=O)NC4CCCC4)c4ccccc34)NC2=S)cc1. The van der Waals surface area contributed by atoms with Crippen molar-refractivity contribution >= 4 is 51.8 Å². The average Bonchev–Trinajstić information content (AvgIpc) is 3.55. The zero-order valence-electron chi connectivity index (χ0n) is 19.6. The predicted octanol–water partition coefficient (Wildman–Crippen LogP) is 4.36. The van der Waals surface area contributed by atoms with Gasteiger partial charge in [-0.05, 0) is 68.4 Å². The Labute approximate surface area is 209 Å². The van der Waals surface area contributed by atoms with Crippen LogP contribution < -0.4 is 20.3 Å². The number of hydrogen-bond acceptors (Lipinski definition) is 4. The molecule has 0 bridgehead atoms. The van der Waals surface area contributed by atoms with Crippen LogP contribution in [0.15, 0.2) is 60.4 Å². The Balaban J connectivity index is 1.40. The van der Waals surface area contributed by atoms with Gasteiger partial charge < -0.3 is 19.9 Å². The Hall–Kier alpha value is -3.65. The van der Waals surface area contributed by atoms with E-state index in [4.69, 9.17) is 17.0 Å². The second kappa shape index (κ2) is 9.92. The lowest BCUT2D eigenvalue weighted by Crippen LogP contribution is -2.35. The van der Waals surface area contributed by atoms with Crippen LogP contribution in [-0.4, -0.2) is 34.1 Å². The third-order valence-corrected chi connectivity index (χ3v) is 6.72. The van der Waals surface area contributed by atoms with Gasteiger partial charge in [-0.2, -0.15) is 0 Å².